The fourth-order valence-corrected chi connectivity index (χ4v) is 1.84. The van der Waals surface area contributed by atoms with Crippen molar-refractivity contribution >= 4 is 5.91 Å². The van der Waals surface area contributed by atoms with Crippen LogP contribution in [0.5, 0.6) is 5.75 Å². The fraction of sp³-hybridized carbons (Fsp3) is 0.500. The molecule has 2 N–H and O–H groups in total. The van der Waals surface area contributed by atoms with Gasteiger partial charge in [-0.05, 0) is 33.0 Å². The number of methoxy groups -OCH3 is 1. The summed E-state index contributed by atoms with van der Waals surface area (Å²) in [6, 6.07) is 7.70. The molecule has 4 heteroatoms. The summed E-state index contributed by atoms with van der Waals surface area (Å²) in [7, 11) is 3.52. The van der Waals surface area contributed by atoms with Gasteiger partial charge in [0.05, 0.1) is 13.2 Å². The van der Waals surface area contributed by atoms with Crippen LogP contribution in [-0.4, -0.2) is 26.6 Å². The number of carbonyl (C=O) groups excluding carboxylic acids is 1. The molecule has 0 saturated heterocycles. The molecule has 4 nitrogen and oxygen atoms in total. The van der Waals surface area contributed by atoms with Crippen LogP contribution in [0.25, 0.3) is 0 Å². The van der Waals surface area contributed by atoms with E-state index in [2.05, 4.69) is 10.6 Å². The van der Waals surface area contributed by atoms with E-state index in [1.807, 2.05) is 38.2 Å². The monoisotopic (exact) mass is 250 g/mol. The highest BCUT2D eigenvalue weighted by molar-refractivity contribution is 5.76. The van der Waals surface area contributed by atoms with E-state index in [4.69, 9.17) is 4.74 Å². The zero-order valence-corrected chi connectivity index (χ0v) is 11.3. The molecule has 0 saturated carbocycles. The SMILES string of the molecule is CNCCCC(=O)NC(C)c1ccccc1OC. The summed E-state index contributed by atoms with van der Waals surface area (Å²) < 4.78 is 5.29. The Labute approximate surface area is 109 Å². The van der Waals surface area contributed by atoms with E-state index in [9.17, 15) is 4.79 Å². The van der Waals surface area contributed by atoms with Crippen LogP contribution in [0.3, 0.4) is 0 Å². The van der Waals surface area contributed by atoms with Gasteiger partial charge in [0.2, 0.25) is 5.91 Å². The third-order valence-corrected chi connectivity index (χ3v) is 2.81. The highest BCUT2D eigenvalue weighted by Gasteiger charge is 2.12. The summed E-state index contributed by atoms with van der Waals surface area (Å²) in [6.07, 6.45) is 1.39. The average Bonchev–Trinajstić information content (AvgIpc) is 2.39. The first-order valence-corrected chi connectivity index (χ1v) is 6.26. The smallest absolute Gasteiger partial charge is 0.220 e. The first kappa shape index (κ1) is 14.5. The Bertz CT molecular complexity index is 380. The Kier molecular flexibility index (Phi) is 6.22. The maximum atomic E-state index is 11.7. The third kappa shape index (κ3) is 4.37. The van der Waals surface area contributed by atoms with Crippen LogP contribution < -0.4 is 15.4 Å². The topological polar surface area (TPSA) is 50.4 Å². The lowest BCUT2D eigenvalue weighted by Crippen LogP contribution is -2.27. The molecular formula is C14H22N2O2. The predicted molar refractivity (Wildman–Crippen MR) is 72.7 cm³/mol. The first-order valence-electron chi connectivity index (χ1n) is 6.26. The number of amides is 1. The average molecular weight is 250 g/mol. The summed E-state index contributed by atoms with van der Waals surface area (Å²) in [5.41, 5.74) is 1.00. The van der Waals surface area contributed by atoms with E-state index in [-0.39, 0.29) is 11.9 Å². The molecule has 18 heavy (non-hydrogen) atoms. The zero-order chi connectivity index (χ0) is 13.4. The van der Waals surface area contributed by atoms with Gasteiger partial charge in [0.15, 0.2) is 0 Å². The molecule has 0 bridgehead atoms. The highest BCUT2D eigenvalue weighted by atomic mass is 16.5. The van der Waals surface area contributed by atoms with E-state index in [1.54, 1.807) is 7.11 Å². The van der Waals surface area contributed by atoms with Crippen LogP contribution in [-0.2, 0) is 4.79 Å². The second-order valence-electron chi connectivity index (χ2n) is 4.24. The summed E-state index contributed by atoms with van der Waals surface area (Å²) in [5.74, 6) is 0.879. The van der Waals surface area contributed by atoms with Crippen molar-refractivity contribution in [3.8, 4) is 5.75 Å². The minimum absolute atomic E-state index is 0.0387. The molecule has 1 unspecified atom stereocenters. The normalized spacial score (nSPS) is 11.9. The maximum absolute atomic E-state index is 11.7. The van der Waals surface area contributed by atoms with Gasteiger partial charge in [-0.2, -0.15) is 0 Å². The van der Waals surface area contributed by atoms with Crippen molar-refractivity contribution in [2.45, 2.75) is 25.8 Å². The van der Waals surface area contributed by atoms with Crippen LogP contribution in [0.1, 0.15) is 31.4 Å². The molecule has 1 atom stereocenters. The van der Waals surface area contributed by atoms with Gasteiger partial charge in [-0.15, -0.1) is 0 Å². The molecule has 0 heterocycles. The zero-order valence-electron chi connectivity index (χ0n) is 11.3. The number of carbonyl (C=O) groups is 1. The molecular weight excluding hydrogens is 228 g/mol. The van der Waals surface area contributed by atoms with Gasteiger partial charge in [-0.25, -0.2) is 0 Å². The first-order chi connectivity index (χ1) is 8.69. The molecule has 1 aromatic rings. The number of ether oxygens (including phenoxy) is 1. The standard InChI is InChI=1S/C14H22N2O2/c1-11(16-14(17)9-6-10-15-2)12-7-4-5-8-13(12)18-3/h4-5,7-8,11,15H,6,9-10H2,1-3H3,(H,16,17). The van der Waals surface area contributed by atoms with Crippen molar-refractivity contribution in [1.82, 2.24) is 10.6 Å². The molecule has 1 aromatic carbocycles. The second kappa shape index (κ2) is 7.71. The lowest BCUT2D eigenvalue weighted by molar-refractivity contribution is -0.121. The molecule has 0 fully saturated rings. The van der Waals surface area contributed by atoms with Crippen molar-refractivity contribution in [3.05, 3.63) is 29.8 Å². The van der Waals surface area contributed by atoms with Gasteiger partial charge >= 0.3 is 0 Å². The molecule has 100 valence electrons. The minimum atomic E-state index is -0.0387. The molecule has 0 aliphatic carbocycles. The summed E-state index contributed by atoms with van der Waals surface area (Å²) in [4.78, 5) is 11.7. The van der Waals surface area contributed by atoms with Crippen molar-refractivity contribution in [2.75, 3.05) is 20.7 Å². The van der Waals surface area contributed by atoms with E-state index in [0.717, 1.165) is 24.3 Å². The number of rotatable bonds is 7. The lowest BCUT2D eigenvalue weighted by Gasteiger charge is -2.17. The Morgan fingerprint density at radius 2 is 2.11 bits per heavy atom. The van der Waals surface area contributed by atoms with Gasteiger partial charge < -0.3 is 15.4 Å². The van der Waals surface area contributed by atoms with Crippen molar-refractivity contribution in [3.63, 3.8) is 0 Å². The molecule has 0 aliphatic heterocycles. The number of benzene rings is 1. The highest BCUT2D eigenvalue weighted by Crippen LogP contribution is 2.24. The van der Waals surface area contributed by atoms with Crippen LogP contribution in [0.4, 0.5) is 0 Å². The third-order valence-electron chi connectivity index (χ3n) is 2.81. The van der Waals surface area contributed by atoms with Crippen molar-refractivity contribution < 1.29 is 9.53 Å². The summed E-state index contributed by atoms with van der Waals surface area (Å²) in [6.45, 7) is 2.82. The second-order valence-corrected chi connectivity index (χ2v) is 4.24. The number of hydrogen-bond donors (Lipinski definition) is 2. The van der Waals surface area contributed by atoms with Crippen LogP contribution in [0, 0.1) is 0 Å². The van der Waals surface area contributed by atoms with Crippen LogP contribution >= 0.6 is 0 Å². The summed E-state index contributed by atoms with van der Waals surface area (Å²) >= 11 is 0. The van der Waals surface area contributed by atoms with E-state index in [1.165, 1.54) is 0 Å². The molecule has 0 aliphatic rings. The maximum Gasteiger partial charge on any atom is 0.220 e. The summed E-state index contributed by atoms with van der Waals surface area (Å²) in [5, 5.41) is 6.01. The van der Waals surface area contributed by atoms with E-state index < -0.39 is 0 Å². The Hall–Kier alpha value is -1.55. The molecule has 1 rings (SSSR count). The molecule has 0 radical (unpaired) electrons. The van der Waals surface area contributed by atoms with Gasteiger partial charge in [-0.3, -0.25) is 4.79 Å². The van der Waals surface area contributed by atoms with E-state index in [0.29, 0.717) is 6.42 Å². The van der Waals surface area contributed by atoms with Gasteiger partial charge in [0.25, 0.3) is 0 Å². The largest absolute Gasteiger partial charge is 0.496 e. The van der Waals surface area contributed by atoms with Crippen molar-refractivity contribution in [2.24, 2.45) is 0 Å². The number of nitrogens with one attached hydrogen (secondary N) is 2. The Morgan fingerprint density at radius 3 is 2.78 bits per heavy atom. The van der Waals surface area contributed by atoms with Gasteiger partial charge in [0, 0.05) is 12.0 Å². The minimum Gasteiger partial charge on any atom is -0.496 e. The van der Waals surface area contributed by atoms with Crippen LogP contribution in [0.15, 0.2) is 24.3 Å². The van der Waals surface area contributed by atoms with Gasteiger partial charge in [0.1, 0.15) is 5.75 Å². The molecule has 0 aromatic heterocycles. The number of hydrogen-bond acceptors (Lipinski definition) is 3. The van der Waals surface area contributed by atoms with E-state index >= 15 is 0 Å². The lowest BCUT2D eigenvalue weighted by atomic mass is 10.1. The Morgan fingerprint density at radius 1 is 1.39 bits per heavy atom. The quantitative estimate of drug-likeness (QED) is 0.726. The molecule has 1 amide bonds. The number of para-hydroxylation sites is 1. The van der Waals surface area contributed by atoms with Crippen LogP contribution in [0.2, 0.25) is 0 Å². The molecule has 0 spiro atoms. The predicted octanol–water partition coefficient (Wildman–Crippen LogP) is 1.87. The van der Waals surface area contributed by atoms with Crippen molar-refractivity contribution in [1.29, 1.82) is 0 Å². The fourth-order valence-electron chi connectivity index (χ4n) is 1.84. The van der Waals surface area contributed by atoms with Gasteiger partial charge in [-0.1, -0.05) is 18.2 Å². The Balaban J connectivity index is 2.53.